The Morgan fingerprint density at radius 3 is 2.31 bits per heavy atom. The van der Waals surface area contributed by atoms with Gasteiger partial charge < -0.3 is 4.74 Å². The van der Waals surface area contributed by atoms with E-state index in [0.717, 1.165) is 5.57 Å². The first-order valence-corrected chi connectivity index (χ1v) is 5.20. The third-order valence-electron chi connectivity index (χ3n) is 2.23. The Labute approximate surface area is 97.4 Å². The highest BCUT2D eigenvalue weighted by molar-refractivity contribution is 5.83. The number of hydrogen-bond donors (Lipinski definition) is 0. The monoisotopic (exact) mass is 221 g/mol. The van der Waals surface area contributed by atoms with Gasteiger partial charge in [-0.1, -0.05) is 18.2 Å². The summed E-state index contributed by atoms with van der Waals surface area (Å²) in [7, 11) is 0. The second-order valence-electron chi connectivity index (χ2n) is 4.36. The molecular weight excluding hydrogens is 202 g/mol. The zero-order valence-electron chi connectivity index (χ0n) is 10.6. The molecule has 16 heavy (non-hydrogen) atoms. The van der Waals surface area contributed by atoms with Crippen molar-refractivity contribution in [3.8, 4) is 6.07 Å². The van der Waals surface area contributed by atoms with E-state index in [1.807, 2.05) is 13.0 Å². The summed E-state index contributed by atoms with van der Waals surface area (Å²) < 4.78 is 5.08. The van der Waals surface area contributed by atoms with Gasteiger partial charge >= 0.3 is 5.97 Å². The lowest BCUT2D eigenvalue weighted by Gasteiger charge is -2.22. The molecule has 0 radical (unpaired) electrons. The van der Waals surface area contributed by atoms with E-state index < -0.39 is 11.4 Å². The van der Waals surface area contributed by atoms with Crippen LogP contribution in [-0.2, 0) is 9.53 Å². The molecule has 0 aromatic rings. The normalized spacial score (nSPS) is 15.2. The summed E-state index contributed by atoms with van der Waals surface area (Å²) in [6, 6.07) is 2.00. The molecule has 0 N–H and O–H groups in total. The number of allylic oxidation sites excluding steroid dienone is 2. The molecule has 0 fully saturated rings. The molecule has 0 rings (SSSR count). The van der Waals surface area contributed by atoms with Crippen molar-refractivity contribution < 1.29 is 9.53 Å². The van der Waals surface area contributed by atoms with Crippen LogP contribution in [0.5, 0.6) is 0 Å². The van der Waals surface area contributed by atoms with E-state index in [-0.39, 0.29) is 6.10 Å². The zero-order chi connectivity index (χ0) is 12.9. The van der Waals surface area contributed by atoms with E-state index in [1.54, 1.807) is 33.8 Å². The SMILES string of the molecule is C=C(C)/C=C(\C)[C@@](C)(C#N)C(=O)OC(C)C. The van der Waals surface area contributed by atoms with Gasteiger partial charge in [-0.15, -0.1) is 0 Å². The average molecular weight is 221 g/mol. The van der Waals surface area contributed by atoms with Gasteiger partial charge in [-0.05, 0) is 40.2 Å². The second-order valence-corrected chi connectivity index (χ2v) is 4.36. The van der Waals surface area contributed by atoms with Crippen LogP contribution < -0.4 is 0 Å². The van der Waals surface area contributed by atoms with Gasteiger partial charge in [0.05, 0.1) is 12.2 Å². The third kappa shape index (κ3) is 3.54. The quantitative estimate of drug-likeness (QED) is 0.541. The van der Waals surface area contributed by atoms with Gasteiger partial charge in [-0.3, -0.25) is 0 Å². The second kappa shape index (κ2) is 5.50. The van der Waals surface area contributed by atoms with Gasteiger partial charge in [0, 0.05) is 0 Å². The first-order valence-electron chi connectivity index (χ1n) is 5.20. The number of carbonyl (C=O) groups is 1. The van der Waals surface area contributed by atoms with Crippen molar-refractivity contribution in [2.24, 2.45) is 5.41 Å². The molecule has 0 aliphatic heterocycles. The average Bonchev–Trinajstić information content (AvgIpc) is 2.14. The molecule has 0 unspecified atom stereocenters. The minimum Gasteiger partial charge on any atom is -0.462 e. The summed E-state index contributed by atoms with van der Waals surface area (Å²) in [4.78, 5) is 11.8. The summed E-state index contributed by atoms with van der Waals surface area (Å²) in [6.07, 6.45) is 1.50. The fraction of sp³-hybridized carbons (Fsp3) is 0.538. The Hall–Kier alpha value is -1.56. The molecule has 0 aromatic heterocycles. The minimum absolute atomic E-state index is 0.224. The van der Waals surface area contributed by atoms with Crippen molar-refractivity contribution in [2.75, 3.05) is 0 Å². The van der Waals surface area contributed by atoms with Gasteiger partial charge in [-0.2, -0.15) is 5.26 Å². The van der Waals surface area contributed by atoms with Crippen molar-refractivity contribution in [1.82, 2.24) is 0 Å². The fourth-order valence-corrected chi connectivity index (χ4v) is 1.14. The van der Waals surface area contributed by atoms with E-state index in [1.165, 1.54) is 0 Å². The lowest BCUT2D eigenvalue weighted by molar-refractivity contribution is -0.153. The van der Waals surface area contributed by atoms with E-state index >= 15 is 0 Å². The van der Waals surface area contributed by atoms with Crippen molar-refractivity contribution in [1.29, 1.82) is 5.26 Å². The lowest BCUT2D eigenvalue weighted by atomic mass is 9.83. The van der Waals surface area contributed by atoms with Crippen LogP contribution >= 0.6 is 0 Å². The van der Waals surface area contributed by atoms with Crippen molar-refractivity contribution >= 4 is 5.97 Å². The van der Waals surface area contributed by atoms with E-state index in [4.69, 9.17) is 10.00 Å². The summed E-state index contributed by atoms with van der Waals surface area (Å²) in [5.74, 6) is -0.514. The van der Waals surface area contributed by atoms with E-state index in [0.29, 0.717) is 5.57 Å². The van der Waals surface area contributed by atoms with Gasteiger partial charge in [0.2, 0.25) is 0 Å². The summed E-state index contributed by atoms with van der Waals surface area (Å²) in [5.41, 5.74) is 0.216. The number of nitriles is 1. The van der Waals surface area contributed by atoms with E-state index in [9.17, 15) is 4.79 Å². The lowest BCUT2D eigenvalue weighted by Crippen LogP contribution is -2.31. The summed E-state index contributed by atoms with van der Waals surface area (Å²) >= 11 is 0. The van der Waals surface area contributed by atoms with Crippen molar-refractivity contribution in [3.63, 3.8) is 0 Å². The molecular formula is C13H19NO2. The smallest absolute Gasteiger partial charge is 0.330 e. The Kier molecular flexibility index (Phi) is 4.97. The molecule has 0 bridgehead atoms. The highest BCUT2D eigenvalue weighted by atomic mass is 16.5. The van der Waals surface area contributed by atoms with Crippen LogP contribution in [0.25, 0.3) is 0 Å². The van der Waals surface area contributed by atoms with Crippen molar-refractivity contribution in [2.45, 2.75) is 40.7 Å². The maximum absolute atomic E-state index is 11.8. The first-order chi connectivity index (χ1) is 7.24. The Morgan fingerprint density at radius 1 is 1.50 bits per heavy atom. The third-order valence-corrected chi connectivity index (χ3v) is 2.23. The number of nitrogens with zero attached hydrogens (tertiary/aromatic N) is 1. The van der Waals surface area contributed by atoms with Crippen LogP contribution in [0.15, 0.2) is 23.8 Å². The van der Waals surface area contributed by atoms with Crippen LogP contribution in [0.4, 0.5) is 0 Å². The summed E-state index contributed by atoms with van der Waals surface area (Å²) in [6.45, 7) is 12.4. The predicted molar refractivity (Wildman–Crippen MR) is 63.5 cm³/mol. The van der Waals surface area contributed by atoms with Crippen LogP contribution in [0.2, 0.25) is 0 Å². The molecule has 0 spiro atoms. The molecule has 3 nitrogen and oxygen atoms in total. The number of carbonyl (C=O) groups excluding carboxylic acids is 1. The molecule has 0 aliphatic rings. The molecule has 0 saturated carbocycles. The van der Waals surface area contributed by atoms with Crippen LogP contribution in [0, 0.1) is 16.7 Å². The summed E-state index contributed by atoms with van der Waals surface area (Å²) in [5, 5.41) is 9.13. The number of rotatable bonds is 4. The molecule has 0 heterocycles. The van der Waals surface area contributed by atoms with Crippen molar-refractivity contribution in [3.05, 3.63) is 23.8 Å². The van der Waals surface area contributed by atoms with Crippen LogP contribution in [0.3, 0.4) is 0 Å². The maximum atomic E-state index is 11.8. The molecule has 0 amide bonds. The van der Waals surface area contributed by atoms with Crippen LogP contribution in [-0.4, -0.2) is 12.1 Å². The topological polar surface area (TPSA) is 50.1 Å². The maximum Gasteiger partial charge on any atom is 0.330 e. The standard InChI is InChI=1S/C13H19NO2/c1-9(2)7-11(5)13(6,8-14)12(15)16-10(3)4/h7,10H,1H2,2-6H3/b11-7+/t13-/m1/s1. The molecule has 88 valence electrons. The first kappa shape index (κ1) is 14.4. The van der Waals surface area contributed by atoms with Gasteiger partial charge in [0.25, 0.3) is 0 Å². The predicted octanol–water partition coefficient (Wildman–Crippen LogP) is 2.99. The number of esters is 1. The molecule has 0 aromatic carbocycles. The Morgan fingerprint density at radius 2 is 2.00 bits per heavy atom. The highest BCUT2D eigenvalue weighted by Crippen LogP contribution is 2.28. The molecule has 0 saturated heterocycles. The number of hydrogen-bond acceptors (Lipinski definition) is 3. The highest BCUT2D eigenvalue weighted by Gasteiger charge is 2.37. The van der Waals surface area contributed by atoms with Gasteiger partial charge in [0.15, 0.2) is 5.41 Å². The van der Waals surface area contributed by atoms with E-state index in [2.05, 4.69) is 6.58 Å². The van der Waals surface area contributed by atoms with Crippen LogP contribution in [0.1, 0.15) is 34.6 Å². The van der Waals surface area contributed by atoms with Gasteiger partial charge in [-0.25, -0.2) is 4.79 Å². The minimum atomic E-state index is -1.23. The molecule has 0 aliphatic carbocycles. The molecule has 1 atom stereocenters. The Balaban J connectivity index is 5.15. The fourth-order valence-electron chi connectivity index (χ4n) is 1.14. The Bertz CT molecular complexity index is 361. The zero-order valence-corrected chi connectivity index (χ0v) is 10.6. The largest absolute Gasteiger partial charge is 0.462 e. The van der Waals surface area contributed by atoms with Gasteiger partial charge in [0.1, 0.15) is 0 Å². The number of ether oxygens (including phenoxy) is 1. The molecule has 3 heteroatoms.